The first kappa shape index (κ1) is 18.1. The van der Waals surface area contributed by atoms with Crippen LogP contribution in [0.25, 0.3) is 0 Å². The fourth-order valence-corrected chi connectivity index (χ4v) is 3.14. The molecule has 0 saturated carbocycles. The summed E-state index contributed by atoms with van der Waals surface area (Å²) in [4.78, 5) is 26.5. The molecule has 1 aliphatic heterocycles. The number of carbonyl (C=O) groups excluding carboxylic acids is 2. The number of hydrogen-bond donors (Lipinski definition) is 2. The summed E-state index contributed by atoms with van der Waals surface area (Å²) in [6.45, 7) is 2.07. The van der Waals surface area contributed by atoms with Gasteiger partial charge in [-0.15, -0.1) is 0 Å². The van der Waals surface area contributed by atoms with Crippen molar-refractivity contribution in [2.75, 3.05) is 19.7 Å². The van der Waals surface area contributed by atoms with Gasteiger partial charge in [0.2, 0.25) is 0 Å². The van der Waals surface area contributed by atoms with Crippen molar-refractivity contribution >= 4 is 11.8 Å². The van der Waals surface area contributed by atoms with Crippen molar-refractivity contribution in [3.8, 4) is 0 Å². The minimum absolute atomic E-state index is 0.147. The van der Waals surface area contributed by atoms with Gasteiger partial charge in [0.1, 0.15) is 5.82 Å². The molecule has 1 heterocycles. The Morgan fingerprint density at radius 3 is 2.54 bits per heavy atom. The number of aliphatic hydroxyl groups is 1. The molecule has 2 aromatic carbocycles. The summed E-state index contributed by atoms with van der Waals surface area (Å²) in [7, 11) is 0. The lowest BCUT2D eigenvalue weighted by Gasteiger charge is -2.18. The van der Waals surface area contributed by atoms with Crippen molar-refractivity contribution in [2.45, 2.75) is 13.0 Å². The van der Waals surface area contributed by atoms with Crippen LogP contribution in [0.5, 0.6) is 0 Å². The van der Waals surface area contributed by atoms with E-state index in [-0.39, 0.29) is 42.5 Å². The molecule has 6 heteroatoms. The predicted octanol–water partition coefficient (Wildman–Crippen LogP) is 2.00. The molecule has 0 spiro atoms. The number of nitrogens with zero attached hydrogens (tertiary/aromatic N) is 1. The first-order chi connectivity index (χ1) is 12.5. The number of aliphatic hydroxyl groups excluding tert-OH is 1. The van der Waals surface area contributed by atoms with Crippen LogP contribution < -0.4 is 5.32 Å². The van der Waals surface area contributed by atoms with Gasteiger partial charge < -0.3 is 15.3 Å². The molecule has 0 bridgehead atoms. The van der Waals surface area contributed by atoms with E-state index in [0.717, 1.165) is 0 Å². The lowest BCUT2D eigenvalue weighted by molar-refractivity contribution is 0.0777. The maximum absolute atomic E-state index is 13.7. The van der Waals surface area contributed by atoms with E-state index in [9.17, 15) is 19.1 Å². The van der Waals surface area contributed by atoms with Gasteiger partial charge in [0.25, 0.3) is 11.8 Å². The number of benzene rings is 2. The molecule has 0 aliphatic carbocycles. The van der Waals surface area contributed by atoms with Crippen LogP contribution in [0, 0.1) is 18.7 Å². The zero-order valence-electron chi connectivity index (χ0n) is 14.5. The standard InChI is InChI=1S/C20H21FN2O3/c1-13-7-8-15(9-17(13)21)20(26)23-10-16(12-24)18(11-23)22-19(25)14-5-3-2-4-6-14/h2-9,16,18,24H,10-12H2,1H3,(H,22,25)/t16-,18+/m0/s1. The highest BCUT2D eigenvalue weighted by Gasteiger charge is 2.36. The monoisotopic (exact) mass is 356 g/mol. The van der Waals surface area contributed by atoms with Crippen LogP contribution in [0.2, 0.25) is 0 Å². The lowest BCUT2D eigenvalue weighted by Crippen LogP contribution is -2.41. The number of rotatable bonds is 4. The van der Waals surface area contributed by atoms with Crippen molar-refractivity contribution < 1.29 is 19.1 Å². The van der Waals surface area contributed by atoms with E-state index < -0.39 is 5.82 Å². The summed E-state index contributed by atoms with van der Waals surface area (Å²) in [5.41, 5.74) is 1.26. The van der Waals surface area contributed by atoms with E-state index in [0.29, 0.717) is 17.7 Å². The topological polar surface area (TPSA) is 69.6 Å². The molecule has 136 valence electrons. The Hall–Kier alpha value is -2.73. The van der Waals surface area contributed by atoms with Gasteiger partial charge in [0.05, 0.1) is 6.04 Å². The Balaban J connectivity index is 1.71. The van der Waals surface area contributed by atoms with Gasteiger partial charge in [-0.05, 0) is 36.8 Å². The molecule has 2 aromatic rings. The van der Waals surface area contributed by atoms with Gasteiger partial charge in [0.15, 0.2) is 0 Å². The summed E-state index contributed by atoms with van der Waals surface area (Å²) < 4.78 is 13.7. The van der Waals surface area contributed by atoms with Gasteiger partial charge in [-0.1, -0.05) is 24.3 Å². The summed E-state index contributed by atoms with van der Waals surface area (Å²) >= 11 is 0. The number of aryl methyl sites for hydroxylation is 1. The maximum Gasteiger partial charge on any atom is 0.254 e. The minimum atomic E-state index is -0.428. The molecule has 2 N–H and O–H groups in total. The summed E-state index contributed by atoms with van der Waals surface area (Å²) in [5, 5.41) is 12.5. The Kier molecular flexibility index (Phi) is 5.32. The van der Waals surface area contributed by atoms with E-state index in [1.54, 1.807) is 48.2 Å². The molecule has 0 unspecified atom stereocenters. The highest BCUT2D eigenvalue weighted by Crippen LogP contribution is 2.21. The summed E-state index contributed by atoms with van der Waals surface area (Å²) in [5.74, 6) is -1.24. The zero-order chi connectivity index (χ0) is 18.7. The third-order valence-corrected chi connectivity index (χ3v) is 4.73. The Morgan fingerprint density at radius 1 is 1.15 bits per heavy atom. The number of carbonyl (C=O) groups is 2. The van der Waals surface area contributed by atoms with E-state index in [1.165, 1.54) is 6.07 Å². The quantitative estimate of drug-likeness (QED) is 0.880. The van der Waals surface area contributed by atoms with Crippen molar-refractivity contribution in [3.05, 3.63) is 71.0 Å². The average Bonchev–Trinajstić information content (AvgIpc) is 3.07. The summed E-state index contributed by atoms with van der Waals surface area (Å²) in [6, 6.07) is 12.8. The van der Waals surface area contributed by atoms with Gasteiger partial charge in [-0.25, -0.2) is 4.39 Å². The molecule has 3 rings (SSSR count). The van der Waals surface area contributed by atoms with Crippen LogP contribution in [-0.4, -0.2) is 47.6 Å². The van der Waals surface area contributed by atoms with E-state index in [2.05, 4.69) is 5.32 Å². The molecule has 5 nitrogen and oxygen atoms in total. The normalized spacial score (nSPS) is 19.4. The molecule has 2 atom stereocenters. The lowest BCUT2D eigenvalue weighted by atomic mass is 10.0. The molecule has 2 amide bonds. The van der Waals surface area contributed by atoms with Crippen molar-refractivity contribution in [1.82, 2.24) is 10.2 Å². The number of nitrogens with one attached hydrogen (secondary N) is 1. The number of hydrogen-bond acceptors (Lipinski definition) is 3. The van der Waals surface area contributed by atoms with Gasteiger partial charge in [0, 0.05) is 36.7 Å². The van der Waals surface area contributed by atoms with Gasteiger partial charge in [-0.2, -0.15) is 0 Å². The molecule has 0 radical (unpaired) electrons. The van der Waals surface area contributed by atoms with E-state index >= 15 is 0 Å². The Morgan fingerprint density at radius 2 is 1.88 bits per heavy atom. The molecule has 1 aliphatic rings. The third-order valence-electron chi connectivity index (χ3n) is 4.73. The van der Waals surface area contributed by atoms with E-state index in [4.69, 9.17) is 0 Å². The van der Waals surface area contributed by atoms with Gasteiger partial charge >= 0.3 is 0 Å². The second kappa shape index (κ2) is 7.66. The fourth-order valence-electron chi connectivity index (χ4n) is 3.14. The number of likely N-dealkylation sites (tertiary alicyclic amines) is 1. The van der Waals surface area contributed by atoms with Crippen molar-refractivity contribution in [1.29, 1.82) is 0 Å². The third kappa shape index (κ3) is 3.75. The predicted molar refractivity (Wildman–Crippen MR) is 95.3 cm³/mol. The molecule has 1 saturated heterocycles. The molecular formula is C20H21FN2O3. The van der Waals surface area contributed by atoms with Crippen LogP contribution in [0.15, 0.2) is 48.5 Å². The van der Waals surface area contributed by atoms with Gasteiger partial charge in [-0.3, -0.25) is 9.59 Å². The Labute approximate surface area is 151 Å². The first-order valence-electron chi connectivity index (χ1n) is 8.51. The minimum Gasteiger partial charge on any atom is -0.396 e. The smallest absolute Gasteiger partial charge is 0.254 e. The first-order valence-corrected chi connectivity index (χ1v) is 8.51. The van der Waals surface area contributed by atoms with Crippen LogP contribution >= 0.6 is 0 Å². The molecule has 1 fully saturated rings. The highest BCUT2D eigenvalue weighted by molar-refractivity contribution is 5.95. The van der Waals surface area contributed by atoms with E-state index in [1.807, 2.05) is 6.07 Å². The average molecular weight is 356 g/mol. The second-order valence-electron chi connectivity index (χ2n) is 6.56. The fraction of sp³-hybridized carbons (Fsp3) is 0.300. The number of halogens is 1. The largest absolute Gasteiger partial charge is 0.396 e. The second-order valence-corrected chi connectivity index (χ2v) is 6.56. The Bertz CT molecular complexity index is 810. The molecule has 26 heavy (non-hydrogen) atoms. The summed E-state index contributed by atoms with van der Waals surface area (Å²) in [6.07, 6.45) is 0. The zero-order valence-corrected chi connectivity index (χ0v) is 14.5. The number of amides is 2. The van der Waals surface area contributed by atoms with Crippen LogP contribution in [-0.2, 0) is 0 Å². The maximum atomic E-state index is 13.7. The van der Waals surface area contributed by atoms with Crippen LogP contribution in [0.4, 0.5) is 4.39 Å². The van der Waals surface area contributed by atoms with Crippen LogP contribution in [0.1, 0.15) is 26.3 Å². The molecular weight excluding hydrogens is 335 g/mol. The van der Waals surface area contributed by atoms with Crippen molar-refractivity contribution in [2.24, 2.45) is 5.92 Å². The van der Waals surface area contributed by atoms with Crippen LogP contribution in [0.3, 0.4) is 0 Å². The molecule has 0 aromatic heterocycles. The highest BCUT2D eigenvalue weighted by atomic mass is 19.1. The SMILES string of the molecule is Cc1ccc(C(=O)N2C[C@@H](CO)[C@H](NC(=O)c3ccccc3)C2)cc1F. The van der Waals surface area contributed by atoms with Crippen molar-refractivity contribution in [3.63, 3.8) is 0 Å².